The first-order chi connectivity index (χ1) is 15.0. The molecule has 1 aliphatic rings. The van der Waals surface area contributed by atoms with E-state index in [1.807, 2.05) is 24.3 Å². The molecule has 0 saturated heterocycles. The minimum atomic E-state index is -0.864. The Morgan fingerprint density at radius 1 is 1.19 bits per heavy atom. The predicted molar refractivity (Wildman–Crippen MR) is 124 cm³/mol. The summed E-state index contributed by atoms with van der Waals surface area (Å²) < 4.78 is 18.8. The number of ether oxygens (including phenoxy) is 1. The first-order valence-corrected chi connectivity index (χ1v) is 12.3. The van der Waals surface area contributed by atoms with Crippen LogP contribution in [-0.2, 0) is 29.5 Å². The molecule has 1 atom stereocenters. The van der Waals surface area contributed by atoms with Crippen LogP contribution in [0.25, 0.3) is 21.3 Å². The molecular formula is C22H19ClN2O4S2. The molecule has 1 aliphatic heterocycles. The van der Waals surface area contributed by atoms with Crippen molar-refractivity contribution in [2.24, 2.45) is 0 Å². The van der Waals surface area contributed by atoms with Gasteiger partial charge in [-0.1, -0.05) is 23.7 Å². The zero-order valence-corrected chi connectivity index (χ0v) is 19.0. The maximum absolute atomic E-state index is 12.1. The number of hydrogen-bond acceptors (Lipinski definition) is 6. The maximum atomic E-state index is 12.1. The van der Waals surface area contributed by atoms with E-state index in [2.05, 4.69) is 0 Å². The van der Waals surface area contributed by atoms with Gasteiger partial charge in [-0.25, -0.2) is 4.98 Å². The fraction of sp³-hybridized carbons (Fsp3) is 0.227. The number of rotatable bonds is 4. The van der Waals surface area contributed by atoms with Crippen LogP contribution in [0.5, 0.6) is 17.5 Å². The lowest BCUT2D eigenvalue weighted by atomic mass is 9.97. The quantitative estimate of drug-likeness (QED) is 0.448. The van der Waals surface area contributed by atoms with Crippen LogP contribution >= 0.6 is 22.9 Å². The fourth-order valence-electron chi connectivity index (χ4n) is 3.97. The van der Waals surface area contributed by atoms with Gasteiger partial charge in [-0.15, -0.1) is 11.3 Å². The Labute approximate surface area is 190 Å². The van der Waals surface area contributed by atoms with Crippen molar-refractivity contribution in [1.29, 1.82) is 0 Å². The highest BCUT2D eigenvalue weighted by Gasteiger charge is 2.26. The largest absolute Gasteiger partial charge is 0.497 e. The molecule has 5 rings (SSSR count). The summed E-state index contributed by atoms with van der Waals surface area (Å²) in [6.45, 7) is 0.122. The number of halogens is 1. The Morgan fingerprint density at radius 3 is 2.58 bits per heavy atom. The van der Waals surface area contributed by atoms with Gasteiger partial charge >= 0.3 is 0 Å². The van der Waals surface area contributed by atoms with E-state index < -0.39 is 10.8 Å². The first-order valence-electron chi connectivity index (χ1n) is 9.65. The Balaban J connectivity index is 1.76. The van der Waals surface area contributed by atoms with Gasteiger partial charge in [0.25, 0.3) is 0 Å². The van der Waals surface area contributed by atoms with E-state index >= 15 is 0 Å². The Morgan fingerprint density at radius 2 is 1.90 bits per heavy atom. The van der Waals surface area contributed by atoms with Crippen LogP contribution in [0.3, 0.4) is 0 Å². The molecular weight excluding hydrogens is 456 g/mol. The molecule has 160 valence electrons. The Hall–Kier alpha value is -2.55. The zero-order chi connectivity index (χ0) is 21.7. The van der Waals surface area contributed by atoms with Crippen molar-refractivity contribution in [2.45, 2.75) is 18.7 Å². The van der Waals surface area contributed by atoms with E-state index in [0.717, 1.165) is 44.0 Å². The molecule has 4 aromatic rings. The monoisotopic (exact) mass is 474 g/mol. The van der Waals surface area contributed by atoms with E-state index in [1.54, 1.807) is 18.4 Å². The van der Waals surface area contributed by atoms with Crippen LogP contribution in [0.4, 0.5) is 0 Å². The highest BCUT2D eigenvalue weighted by Crippen LogP contribution is 2.45. The van der Waals surface area contributed by atoms with E-state index in [-0.39, 0.29) is 18.3 Å². The highest BCUT2D eigenvalue weighted by atomic mass is 35.5. The number of nitrogens with zero attached hydrogens (tertiary/aromatic N) is 2. The smallest absolute Gasteiger partial charge is 0.194 e. The van der Waals surface area contributed by atoms with Crippen molar-refractivity contribution in [3.63, 3.8) is 0 Å². The SMILES string of the molecule is COc1ccc(-c2c(Cl)c(Cn3c(O)ccc3O)nc3sc4c(c23)CC[S@](=O)C4)cc1. The average Bonchev–Trinajstić information content (AvgIpc) is 3.28. The summed E-state index contributed by atoms with van der Waals surface area (Å²) >= 11 is 8.46. The fourth-order valence-corrected chi connectivity index (χ4v) is 6.99. The van der Waals surface area contributed by atoms with Crippen molar-refractivity contribution in [1.82, 2.24) is 9.55 Å². The van der Waals surface area contributed by atoms with Gasteiger partial charge in [0.1, 0.15) is 10.6 Å². The number of thiophene rings is 1. The summed E-state index contributed by atoms with van der Waals surface area (Å²) in [6, 6.07) is 10.5. The van der Waals surface area contributed by atoms with Crippen molar-refractivity contribution in [3.8, 4) is 28.6 Å². The van der Waals surface area contributed by atoms with Gasteiger partial charge < -0.3 is 14.9 Å². The van der Waals surface area contributed by atoms with Crippen LogP contribution in [-0.4, -0.2) is 36.8 Å². The number of fused-ring (bicyclic) bond motifs is 3. The molecule has 4 heterocycles. The number of pyridine rings is 1. The standard InChI is InChI=1S/C22H19ClN2O4S2/c1-29-13-4-2-12(3-5-13)19-20-14-8-9-31(28)11-16(14)30-22(20)24-15(21(19)23)10-25-17(26)6-7-18(25)27/h2-7,26-27H,8-11H2,1H3/t31-/m0/s1. The number of benzene rings is 1. The number of hydrogen-bond donors (Lipinski definition) is 2. The molecule has 0 aliphatic carbocycles. The van der Waals surface area contributed by atoms with Crippen LogP contribution in [0, 0.1) is 0 Å². The van der Waals surface area contributed by atoms with E-state index in [0.29, 0.717) is 22.2 Å². The molecule has 0 unspecified atom stereocenters. The number of methoxy groups -OCH3 is 1. The lowest BCUT2D eigenvalue weighted by Gasteiger charge is -2.16. The number of aryl methyl sites for hydroxylation is 1. The van der Waals surface area contributed by atoms with Gasteiger partial charge in [0.15, 0.2) is 11.8 Å². The van der Waals surface area contributed by atoms with E-state index in [4.69, 9.17) is 21.3 Å². The summed E-state index contributed by atoms with van der Waals surface area (Å²) in [4.78, 5) is 6.71. The molecule has 0 amide bonds. The van der Waals surface area contributed by atoms with Crippen LogP contribution in [0.1, 0.15) is 16.1 Å². The van der Waals surface area contributed by atoms with Crippen molar-refractivity contribution < 1.29 is 19.2 Å². The summed E-state index contributed by atoms with van der Waals surface area (Å²) in [6.07, 6.45) is 0.724. The van der Waals surface area contributed by atoms with Crippen LogP contribution < -0.4 is 4.74 Å². The molecule has 0 spiro atoms. The second kappa shape index (κ2) is 7.85. The second-order valence-electron chi connectivity index (χ2n) is 7.33. The summed E-state index contributed by atoms with van der Waals surface area (Å²) in [5.74, 6) is 1.77. The number of aromatic nitrogens is 2. The molecule has 0 fully saturated rings. The lowest BCUT2D eigenvalue weighted by Crippen LogP contribution is -2.11. The first kappa shape index (κ1) is 20.4. The second-order valence-corrected chi connectivity index (χ2v) is 10.4. The van der Waals surface area contributed by atoms with E-state index in [9.17, 15) is 14.4 Å². The minimum absolute atomic E-state index is 0.0673. The molecule has 3 aromatic heterocycles. The molecule has 2 N–H and O–H groups in total. The molecule has 31 heavy (non-hydrogen) atoms. The van der Waals surface area contributed by atoms with Crippen molar-refractivity contribution in [3.05, 3.63) is 57.6 Å². The molecule has 0 bridgehead atoms. The van der Waals surface area contributed by atoms with Gasteiger partial charge in [0, 0.05) is 44.5 Å². The Bertz CT molecular complexity index is 1310. The normalized spacial score (nSPS) is 15.9. The summed E-state index contributed by atoms with van der Waals surface area (Å²) in [5, 5.41) is 21.6. The van der Waals surface area contributed by atoms with Gasteiger partial charge in [0.2, 0.25) is 0 Å². The minimum Gasteiger partial charge on any atom is -0.497 e. The zero-order valence-electron chi connectivity index (χ0n) is 16.6. The van der Waals surface area contributed by atoms with Crippen LogP contribution in [0.15, 0.2) is 36.4 Å². The average molecular weight is 475 g/mol. The van der Waals surface area contributed by atoms with Crippen molar-refractivity contribution >= 4 is 44.0 Å². The maximum Gasteiger partial charge on any atom is 0.194 e. The van der Waals surface area contributed by atoms with Crippen molar-refractivity contribution in [2.75, 3.05) is 12.9 Å². The van der Waals surface area contributed by atoms with Gasteiger partial charge in [-0.2, -0.15) is 0 Å². The lowest BCUT2D eigenvalue weighted by molar-refractivity contribution is 0.376. The van der Waals surface area contributed by atoms with Gasteiger partial charge in [-0.05, 0) is 29.7 Å². The molecule has 0 radical (unpaired) electrons. The molecule has 6 nitrogen and oxygen atoms in total. The van der Waals surface area contributed by atoms with Gasteiger partial charge in [0.05, 0.1) is 30.1 Å². The van der Waals surface area contributed by atoms with Crippen LogP contribution in [0.2, 0.25) is 5.02 Å². The predicted octanol–water partition coefficient (Wildman–Crippen LogP) is 4.69. The highest BCUT2D eigenvalue weighted by molar-refractivity contribution is 7.84. The third-order valence-corrected chi connectivity index (χ3v) is 8.51. The third kappa shape index (κ3) is 3.48. The molecule has 9 heteroatoms. The Kier molecular flexibility index (Phi) is 5.16. The number of aromatic hydroxyl groups is 2. The van der Waals surface area contributed by atoms with Gasteiger partial charge in [-0.3, -0.25) is 8.78 Å². The molecule has 0 saturated carbocycles. The van der Waals surface area contributed by atoms with E-state index in [1.165, 1.54) is 16.7 Å². The topological polar surface area (TPSA) is 84.6 Å². The summed E-state index contributed by atoms with van der Waals surface area (Å²) in [5.41, 5.74) is 3.49. The third-order valence-electron chi connectivity index (χ3n) is 5.52. The molecule has 1 aromatic carbocycles. The summed E-state index contributed by atoms with van der Waals surface area (Å²) in [7, 11) is 0.757.